The number of aliphatic carboxylic acids is 1. The zero-order valence-electron chi connectivity index (χ0n) is 17.1. The van der Waals surface area contributed by atoms with Gasteiger partial charge in [-0.1, -0.05) is 26.0 Å². The molecule has 6 heteroatoms. The fourth-order valence-electron chi connectivity index (χ4n) is 3.81. The molecule has 1 aromatic carbocycles. The molecule has 0 spiro atoms. The summed E-state index contributed by atoms with van der Waals surface area (Å²) in [5.41, 5.74) is 2.21. The van der Waals surface area contributed by atoms with E-state index in [4.69, 9.17) is 9.84 Å². The van der Waals surface area contributed by atoms with Gasteiger partial charge in [-0.25, -0.2) is 0 Å². The first kappa shape index (κ1) is 20.6. The molecular weight excluding hydrogens is 356 g/mol. The molecule has 2 aliphatic rings. The molecule has 0 saturated heterocycles. The van der Waals surface area contributed by atoms with Gasteiger partial charge in [0.25, 0.3) is 5.91 Å². The van der Waals surface area contributed by atoms with Crippen molar-refractivity contribution in [2.45, 2.75) is 64.5 Å². The van der Waals surface area contributed by atoms with E-state index in [1.807, 2.05) is 13.0 Å². The van der Waals surface area contributed by atoms with Gasteiger partial charge in [-0.3, -0.25) is 14.5 Å². The van der Waals surface area contributed by atoms with Crippen LogP contribution in [0.5, 0.6) is 5.75 Å². The monoisotopic (exact) mass is 388 g/mol. The fourth-order valence-corrected chi connectivity index (χ4v) is 3.81. The third-order valence-corrected chi connectivity index (χ3v) is 5.67. The Morgan fingerprint density at radius 2 is 2.00 bits per heavy atom. The molecular formula is C22H32N2O4. The third-order valence-electron chi connectivity index (χ3n) is 5.67. The number of carbonyl (C=O) groups excluding carboxylic acids is 1. The van der Waals surface area contributed by atoms with E-state index in [1.54, 1.807) is 0 Å². The van der Waals surface area contributed by atoms with E-state index in [9.17, 15) is 9.59 Å². The first-order valence-corrected chi connectivity index (χ1v) is 10.3. The lowest BCUT2D eigenvalue weighted by Gasteiger charge is -2.42. The van der Waals surface area contributed by atoms with Gasteiger partial charge >= 0.3 is 5.97 Å². The Morgan fingerprint density at radius 1 is 1.29 bits per heavy atom. The molecule has 0 radical (unpaired) electrons. The average molecular weight is 389 g/mol. The molecule has 154 valence electrons. The van der Waals surface area contributed by atoms with Crippen molar-refractivity contribution in [3.05, 3.63) is 29.3 Å². The SMILES string of the molecule is Cc1ccc(C(C)C)c(OCC(=O)NC2CC(N(CC(=O)O)CC3CC3)C2)c1. The van der Waals surface area contributed by atoms with E-state index >= 15 is 0 Å². The lowest BCUT2D eigenvalue weighted by molar-refractivity contribution is -0.140. The van der Waals surface area contributed by atoms with Crippen molar-refractivity contribution in [2.24, 2.45) is 5.92 Å². The van der Waals surface area contributed by atoms with Gasteiger partial charge in [0.1, 0.15) is 5.75 Å². The molecule has 0 atom stereocenters. The molecule has 1 aromatic rings. The number of carbonyl (C=O) groups is 2. The van der Waals surface area contributed by atoms with Crippen LogP contribution in [0, 0.1) is 12.8 Å². The lowest BCUT2D eigenvalue weighted by atomic mass is 9.85. The number of rotatable bonds is 10. The first-order valence-electron chi connectivity index (χ1n) is 10.3. The van der Waals surface area contributed by atoms with Gasteiger partial charge in [0, 0.05) is 18.6 Å². The number of amides is 1. The topological polar surface area (TPSA) is 78.9 Å². The summed E-state index contributed by atoms with van der Waals surface area (Å²) in [6.07, 6.45) is 4.04. The van der Waals surface area contributed by atoms with Crippen LogP contribution >= 0.6 is 0 Å². The quantitative estimate of drug-likeness (QED) is 0.644. The highest BCUT2D eigenvalue weighted by Gasteiger charge is 2.37. The summed E-state index contributed by atoms with van der Waals surface area (Å²) in [4.78, 5) is 25.5. The molecule has 1 amide bonds. The Hall–Kier alpha value is -2.08. The summed E-state index contributed by atoms with van der Waals surface area (Å²) in [6.45, 7) is 7.19. The maximum absolute atomic E-state index is 12.3. The van der Waals surface area contributed by atoms with Crippen molar-refractivity contribution < 1.29 is 19.4 Å². The van der Waals surface area contributed by atoms with Crippen LogP contribution in [-0.4, -0.2) is 53.7 Å². The second-order valence-electron chi connectivity index (χ2n) is 8.64. The molecule has 0 bridgehead atoms. The van der Waals surface area contributed by atoms with E-state index in [2.05, 4.69) is 36.2 Å². The Bertz CT molecular complexity index is 708. The molecule has 0 heterocycles. The summed E-state index contributed by atoms with van der Waals surface area (Å²) in [5.74, 6) is 0.865. The molecule has 28 heavy (non-hydrogen) atoms. The highest BCUT2D eigenvalue weighted by atomic mass is 16.5. The van der Waals surface area contributed by atoms with Crippen molar-refractivity contribution in [1.29, 1.82) is 0 Å². The minimum atomic E-state index is -0.777. The number of carboxylic acids is 1. The normalized spacial score (nSPS) is 21.5. The van der Waals surface area contributed by atoms with E-state index in [0.717, 1.165) is 36.3 Å². The predicted molar refractivity (Wildman–Crippen MR) is 108 cm³/mol. The number of hydrogen-bond acceptors (Lipinski definition) is 4. The first-order chi connectivity index (χ1) is 13.3. The van der Waals surface area contributed by atoms with Crippen LogP contribution in [0.15, 0.2) is 18.2 Å². The van der Waals surface area contributed by atoms with Crippen molar-refractivity contribution in [3.8, 4) is 5.75 Å². The summed E-state index contributed by atoms with van der Waals surface area (Å²) in [5, 5.41) is 12.1. The molecule has 2 N–H and O–H groups in total. The number of carboxylic acid groups (broad SMARTS) is 1. The van der Waals surface area contributed by atoms with Gasteiger partial charge in [-0.2, -0.15) is 0 Å². The van der Waals surface area contributed by atoms with E-state index in [-0.39, 0.29) is 31.1 Å². The zero-order chi connectivity index (χ0) is 20.3. The number of aryl methyl sites for hydroxylation is 1. The molecule has 2 fully saturated rings. The molecule has 2 aliphatic carbocycles. The highest BCUT2D eigenvalue weighted by Crippen LogP contribution is 2.34. The van der Waals surface area contributed by atoms with Crippen LogP contribution in [0.25, 0.3) is 0 Å². The number of nitrogens with one attached hydrogen (secondary N) is 1. The zero-order valence-corrected chi connectivity index (χ0v) is 17.1. The molecule has 3 rings (SSSR count). The van der Waals surface area contributed by atoms with Crippen LogP contribution < -0.4 is 10.1 Å². The molecule has 6 nitrogen and oxygen atoms in total. The van der Waals surface area contributed by atoms with Crippen LogP contribution in [0.4, 0.5) is 0 Å². The third kappa shape index (κ3) is 5.71. The number of benzene rings is 1. The van der Waals surface area contributed by atoms with Gasteiger partial charge < -0.3 is 15.2 Å². The molecule has 0 unspecified atom stereocenters. The van der Waals surface area contributed by atoms with Gasteiger partial charge in [-0.05, 0) is 61.6 Å². The Kier molecular flexibility index (Phi) is 6.60. The molecule has 0 aromatic heterocycles. The van der Waals surface area contributed by atoms with Gasteiger partial charge in [-0.15, -0.1) is 0 Å². The second-order valence-corrected chi connectivity index (χ2v) is 8.64. The van der Waals surface area contributed by atoms with Crippen molar-refractivity contribution in [3.63, 3.8) is 0 Å². The van der Waals surface area contributed by atoms with Crippen LogP contribution in [0.2, 0.25) is 0 Å². The van der Waals surface area contributed by atoms with Crippen molar-refractivity contribution in [2.75, 3.05) is 19.7 Å². The van der Waals surface area contributed by atoms with Gasteiger partial charge in [0.15, 0.2) is 6.61 Å². The second kappa shape index (κ2) is 8.95. The Labute approximate surface area is 167 Å². The van der Waals surface area contributed by atoms with E-state index in [1.165, 1.54) is 12.8 Å². The van der Waals surface area contributed by atoms with Crippen molar-refractivity contribution >= 4 is 11.9 Å². The predicted octanol–water partition coefficient (Wildman–Crippen LogP) is 2.94. The van der Waals surface area contributed by atoms with Crippen molar-refractivity contribution in [1.82, 2.24) is 10.2 Å². The van der Waals surface area contributed by atoms with E-state index in [0.29, 0.717) is 11.8 Å². The van der Waals surface area contributed by atoms with Crippen LogP contribution in [0.3, 0.4) is 0 Å². The average Bonchev–Trinajstić information content (AvgIpc) is 3.38. The largest absolute Gasteiger partial charge is 0.483 e. The summed E-state index contributed by atoms with van der Waals surface area (Å²) in [7, 11) is 0. The molecule has 2 saturated carbocycles. The molecule has 0 aliphatic heterocycles. The summed E-state index contributed by atoms with van der Waals surface area (Å²) < 4.78 is 5.80. The minimum Gasteiger partial charge on any atom is -0.483 e. The van der Waals surface area contributed by atoms with Crippen LogP contribution in [0.1, 0.15) is 56.6 Å². The number of ether oxygens (including phenoxy) is 1. The summed E-state index contributed by atoms with van der Waals surface area (Å²) >= 11 is 0. The number of nitrogens with zero attached hydrogens (tertiary/aromatic N) is 1. The Balaban J connectivity index is 1.44. The summed E-state index contributed by atoms with van der Waals surface area (Å²) in [6, 6.07) is 6.46. The lowest BCUT2D eigenvalue weighted by Crippen LogP contribution is -2.55. The highest BCUT2D eigenvalue weighted by molar-refractivity contribution is 5.78. The fraction of sp³-hybridized carbons (Fsp3) is 0.636. The van der Waals surface area contributed by atoms with Gasteiger partial charge in [0.05, 0.1) is 6.54 Å². The number of hydrogen-bond donors (Lipinski definition) is 2. The minimum absolute atomic E-state index is 0.00521. The van der Waals surface area contributed by atoms with Gasteiger partial charge in [0.2, 0.25) is 0 Å². The smallest absolute Gasteiger partial charge is 0.317 e. The standard InChI is InChI=1S/C22H32N2O4/c1-14(2)19-7-4-15(3)8-20(19)28-13-21(25)23-17-9-18(10-17)24(12-22(26)27)11-16-5-6-16/h4,7-8,14,16-18H,5-6,9-13H2,1-3H3,(H,23,25)(H,26,27). The maximum atomic E-state index is 12.3. The van der Waals surface area contributed by atoms with Crippen LogP contribution in [-0.2, 0) is 9.59 Å². The maximum Gasteiger partial charge on any atom is 0.317 e. The Morgan fingerprint density at radius 3 is 2.61 bits per heavy atom. The van der Waals surface area contributed by atoms with E-state index < -0.39 is 5.97 Å².